The van der Waals surface area contributed by atoms with Crippen molar-refractivity contribution in [1.29, 1.82) is 5.26 Å². The molecular formula is C10H5F2N5. The lowest BCUT2D eigenvalue weighted by Gasteiger charge is -2.04. The third-order valence-corrected chi connectivity index (χ3v) is 2.05. The first-order valence-electron chi connectivity index (χ1n) is 4.54. The van der Waals surface area contributed by atoms with Crippen molar-refractivity contribution in [3.63, 3.8) is 0 Å². The zero-order valence-electron chi connectivity index (χ0n) is 8.65. The van der Waals surface area contributed by atoms with E-state index in [1.54, 1.807) is 13.0 Å². The quantitative estimate of drug-likeness (QED) is 0.696. The van der Waals surface area contributed by atoms with Gasteiger partial charge in [-0.15, -0.1) is 0 Å². The maximum atomic E-state index is 12.9. The van der Waals surface area contributed by atoms with E-state index in [2.05, 4.69) is 19.9 Å². The van der Waals surface area contributed by atoms with Gasteiger partial charge in [-0.05, 0) is 12.5 Å². The Bertz CT molecular complexity index is 621. The van der Waals surface area contributed by atoms with Gasteiger partial charge in [-0.1, -0.05) is 0 Å². The first-order chi connectivity index (χ1) is 8.11. The highest BCUT2D eigenvalue weighted by molar-refractivity contribution is 5.64. The van der Waals surface area contributed by atoms with E-state index in [4.69, 9.17) is 5.26 Å². The topological polar surface area (TPSA) is 75.3 Å². The van der Waals surface area contributed by atoms with E-state index in [0.717, 1.165) is 6.20 Å². The van der Waals surface area contributed by atoms with Gasteiger partial charge in [-0.25, -0.2) is 15.0 Å². The summed E-state index contributed by atoms with van der Waals surface area (Å²) in [6, 6.07) is 1.79. The van der Waals surface area contributed by atoms with Crippen LogP contribution in [0.5, 0.6) is 0 Å². The first kappa shape index (κ1) is 11.0. The number of nitriles is 1. The third-order valence-electron chi connectivity index (χ3n) is 2.05. The van der Waals surface area contributed by atoms with Crippen LogP contribution in [-0.4, -0.2) is 19.9 Å². The van der Waals surface area contributed by atoms with Crippen LogP contribution in [0.2, 0.25) is 0 Å². The Balaban J connectivity index is 2.72. The molecule has 0 radical (unpaired) electrons. The summed E-state index contributed by atoms with van der Waals surface area (Å²) in [5.74, 6) is 0. The van der Waals surface area contributed by atoms with E-state index in [1.165, 1.54) is 6.20 Å². The molecule has 2 heterocycles. The van der Waals surface area contributed by atoms with Crippen molar-refractivity contribution in [1.82, 2.24) is 19.9 Å². The van der Waals surface area contributed by atoms with Gasteiger partial charge in [-0.3, -0.25) is 0 Å². The van der Waals surface area contributed by atoms with Crippen molar-refractivity contribution < 1.29 is 8.78 Å². The molecule has 17 heavy (non-hydrogen) atoms. The minimum Gasteiger partial charge on any atom is -0.210 e. The maximum absolute atomic E-state index is 12.9. The maximum Gasteiger partial charge on any atom is 0.309 e. The second-order valence-electron chi connectivity index (χ2n) is 3.18. The van der Waals surface area contributed by atoms with Crippen LogP contribution in [-0.2, 0) is 0 Å². The van der Waals surface area contributed by atoms with Gasteiger partial charge in [0.2, 0.25) is 0 Å². The molecule has 0 N–H and O–H groups in total. The molecule has 5 nitrogen and oxygen atoms in total. The summed E-state index contributed by atoms with van der Waals surface area (Å²) < 4.78 is 25.9. The van der Waals surface area contributed by atoms with Crippen LogP contribution < -0.4 is 0 Å². The Labute approximate surface area is 94.8 Å². The van der Waals surface area contributed by atoms with Gasteiger partial charge < -0.3 is 0 Å². The molecule has 7 heteroatoms. The van der Waals surface area contributed by atoms with E-state index >= 15 is 0 Å². The normalized spacial score (nSPS) is 10.0. The fourth-order valence-electron chi connectivity index (χ4n) is 1.28. The minimum atomic E-state index is -1.00. The fraction of sp³-hybridized carbons (Fsp3) is 0.100. The average Bonchev–Trinajstić information content (AvgIpc) is 2.32. The van der Waals surface area contributed by atoms with Crippen LogP contribution in [0.15, 0.2) is 12.4 Å². The van der Waals surface area contributed by atoms with Gasteiger partial charge in [0.25, 0.3) is 0 Å². The molecule has 0 fully saturated rings. The fourth-order valence-corrected chi connectivity index (χ4v) is 1.28. The van der Waals surface area contributed by atoms with E-state index in [1.807, 2.05) is 0 Å². The largest absolute Gasteiger partial charge is 0.309 e. The van der Waals surface area contributed by atoms with Gasteiger partial charge in [-0.2, -0.15) is 19.0 Å². The van der Waals surface area contributed by atoms with Crippen molar-refractivity contribution in [2.45, 2.75) is 6.92 Å². The summed E-state index contributed by atoms with van der Waals surface area (Å²) in [6.45, 7) is 1.61. The number of rotatable bonds is 1. The van der Waals surface area contributed by atoms with Crippen LogP contribution in [0.25, 0.3) is 11.4 Å². The monoisotopic (exact) mass is 233 g/mol. The smallest absolute Gasteiger partial charge is 0.210 e. The number of hydrogen-bond acceptors (Lipinski definition) is 5. The second kappa shape index (κ2) is 4.17. The molecule has 0 atom stereocenters. The molecule has 0 saturated heterocycles. The number of hydrogen-bond donors (Lipinski definition) is 0. The molecule has 0 aliphatic carbocycles. The number of aryl methyl sites for hydroxylation is 1. The van der Waals surface area contributed by atoms with Crippen molar-refractivity contribution in [2.75, 3.05) is 0 Å². The van der Waals surface area contributed by atoms with E-state index in [0.29, 0.717) is 5.56 Å². The van der Waals surface area contributed by atoms with Gasteiger partial charge in [0, 0.05) is 6.20 Å². The van der Waals surface area contributed by atoms with Crippen LogP contribution in [0.3, 0.4) is 0 Å². The molecule has 2 aromatic rings. The van der Waals surface area contributed by atoms with Crippen LogP contribution in [0.1, 0.15) is 11.1 Å². The van der Waals surface area contributed by atoms with Crippen LogP contribution in [0.4, 0.5) is 8.78 Å². The SMILES string of the molecule is Cc1cnc(F)nc1-c1nc(F)ncc1C#N. The van der Waals surface area contributed by atoms with Crippen molar-refractivity contribution >= 4 is 0 Å². The lowest BCUT2D eigenvalue weighted by molar-refractivity contribution is 0.532. The molecule has 2 rings (SSSR count). The van der Waals surface area contributed by atoms with Gasteiger partial charge in [0.15, 0.2) is 0 Å². The molecule has 0 amide bonds. The summed E-state index contributed by atoms with van der Waals surface area (Å²) in [5, 5.41) is 8.84. The zero-order chi connectivity index (χ0) is 12.4. The Morgan fingerprint density at radius 1 is 1.06 bits per heavy atom. The Kier molecular flexibility index (Phi) is 2.70. The molecule has 0 bridgehead atoms. The molecule has 0 aliphatic rings. The number of aromatic nitrogens is 4. The molecular weight excluding hydrogens is 228 g/mol. The highest BCUT2D eigenvalue weighted by atomic mass is 19.1. The van der Waals surface area contributed by atoms with Gasteiger partial charge in [0.1, 0.15) is 11.8 Å². The molecule has 0 saturated carbocycles. The average molecular weight is 233 g/mol. The van der Waals surface area contributed by atoms with E-state index < -0.39 is 12.2 Å². The highest BCUT2D eigenvalue weighted by Gasteiger charge is 2.14. The number of halogens is 2. The lowest BCUT2D eigenvalue weighted by Crippen LogP contribution is -2.02. The molecule has 84 valence electrons. The van der Waals surface area contributed by atoms with Gasteiger partial charge in [0.05, 0.1) is 17.5 Å². The lowest BCUT2D eigenvalue weighted by atomic mass is 10.1. The van der Waals surface area contributed by atoms with Crippen molar-refractivity contribution in [3.05, 3.63) is 35.7 Å². The molecule has 0 aromatic carbocycles. The van der Waals surface area contributed by atoms with E-state index in [9.17, 15) is 8.78 Å². The van der Waals surface area contributed by atoms with Gasteiger partial charge >= 0.3 is 12.2 Å². The predicted molar refractivity (Wildman–Crippen MR) is 52.4 cm³/mol. The zero-order valence-corrected chi connectivity index (χ0v) is 8.65. The summed E-state index contributed by atoms with van der Waals surface area (Å²) in [5.41, 5.74) is 0.544. The summed E-state index contributed by atoms with van der Waals surface area (Å²) in [4.78, 5) is 13.6. The summed E-state index contributed by atoms with van der Waals surface area (Å²) >= 11 is 0. The summed E-state index contributed by atoms with van der Waals surface area (Å²) in [7, 11) is 0. The minimum absolute atomic E-state index is 0.0209. The standard InChI is InChI=1S/C10H5F2N5/c1-5-3-14-9(11)16-7(5)8-6(2-13)4-15-10(12)17-8/h3-4H,1H3. The molecule has 2 aromatic heterocycles. The summed E-state index contributed by atoms with van der Waals surface area (Å²) in [6.07, 6.45) is 0.293. The second-order valence-corrected chi connectivity index (χ2v) is 3.18. The van der Waals surface area contributed by atoms with Crippen molar-refractivity contribution in [3.8, 4) is 17.5 Å². The van der Waals surface area contributed by atoms with Crippen LogP contribution in [0, 0.1) is 30.4 Å². The highest BCUT2D eigenvalue weighted by Crippen LogP contribution is 2.21. The Morgan fingerprint density at radius 2 is 1.65 bits per heavy atom. The third kappa shape index (κ3) is 2.06. The predicted octanol–water partition coefficient (Wildman–Crippen LogP) is 1.39. The van der Waals surface area contributed by atoms with Crippen LogP contribution >= 0.6 is 0 Å². The van der Waals surface area contributed by atoms with Crippen molar-refractivity contribution in [2.24, 2.45) is 0 Å². The first-order valence-corrected chi connectivity index (χ1v) is 4.54. The molecule has 0 spiro atoms. The molecule has 0 aliphatic heterocycles. The molecule has 0 unspecified atom stereocenters. The van der Waals surface area contributed by atoms with E-state index in [-0.39, 0.29) is 17.0 Å². The number of nitrogens with zero attached hydrogens (tertiary/aromatic N) is 5. The Hall–Kier alpha value is -2.49. The Morgan fingerprint density at radius 3 is 2.29 bits per heavy atom.